The Balaban J connectivity index is 1.62. The minimum absolute atomic E-state index is 0.586. The number of rotatable bonds is 5. The fraction of sp³-hybridized carbons (Fsp3) is 0.400. The Morgan fingerprint density at radius 1 is 1.20 bits per heavy atom. The molecule has 20 heavy (non-hydrogen) atoms. The molecule has 0 bridgehead atoms. The molecule has 1 aliphatic heterocycles. The van der Waals surface area contributed by atoms with Crippen LogP contribution in [0.2, 0.25) is 5.02 Å². The standard InChI is InChI=1S/C15H18ClN3O/c16-13-11-17-19(12-13)9-10-20-15-6-2-1-5-14(15)18-7-3-4-8-18/h1-2,5-6,11-12H,3-4,7-10H2. The maximum absolute atomic E-state index is 5.92. The molecule has 0 amide bonds. The molecule has 0 unspecified atom stereocenters. The highest BCUT2D eigenvalue weighted by Crippen LogP contribution is 2.30. The molecule has 3 rings (SSSR count). The molecule has 1 aromatic heterocycles. The summed E-state index contributed by atoms with van der Waals surface area (Å²) in [6.45, 7) is 3.52. The second kappa shape index (κ2) is 6.18. The van der Waals surface area contributed by atoms with Crippen LogP contribution in [0.1, 0.15) is 12.8 Å². The minimum atomic E-state index is 0.586. The predicted octanol–water partition coefficient (Wildman–Crippen LogP) is 3.22. The van der Waals surface area contributed by atoms with Crippen LogP contribution in [0.25, 0.3) is 0 Å². The van der Waals surface area contributed by atoms with Gasteiger partial charge in [-0.3, -0.25) is 4.68 Å². The van der Waals surface area contributed by atoms with Crippen molar-refractivity contribution in [1.29, 1.82) is 0 Å². The van der Waals surface area contributed by atoms with Gasteiger partial charge >= 0.3 is 0 Å². The number of aromatic nitrogens is 2. The van der Waals surface area contributed by atoms with Crippen molar-refractivity contribution in [3.05, 3.63) is 41.7 Å². The van der Waals surface area contributed by atoms with Crippen LogP contribution in [0.5, 0.6) is 5.75 Å². The van der Waals surface area contributed by atoms with E-state index in [-0.39, 0.29) is 0 Å². The minimum Gasteiger partial charge on any atom is -0.489 e. The van der Waals surface area contributed by atoms with Crippen molar-refractivity contribution in [2.24, 2.45) is 0 Å². The summed E-state index contributed by atoms with van der Waals surface area (Å²) in [7, 11) is 0. The molecule has 0 N–H and O–H groups in total. The molecule has 1 saturated heterocycles. The summed E-state index contributed by atoms with van der Waals surface area (Å²) in [5, 5.41) is 4.80. The number of anilines is 1. The molecule has 1 aromatic carbocycles. The molecule has 106 valence electrons. The van der Waals surface area contributed by atoms with Crippen molar-refractivity contribution in [2.45, 2.75) is 19.4 Å². The highest BCUT2D eigenvalue weighted by molar-refractivity contribution is 6.30. The number of benzene rings is 1. The summed E-state index contributed by atoms with van der Waals surface area (Å²) in [4.78, 5) is 2.39. The number of hydrogen-bond donors (Lipinski definition) is 0. The summed E-state index contributed by atoms with van der Waals surface area (Å²) in [5.74, 6) is 0.952. The van der Waals surface area contributed by atoms with Gasteiger partial charge in [0.05, 0.1) is 23.5 Å². The average Bonchev–Trinajstić information content (AvgIpc) is 3.11. The lowest BCUT2D eigenvalue weighted by molar-refractivity contribution is 0.292. The van der Waals surface area contributed by atoms with E-state index < -0.39 is 0 Å². The normalized spacial score (nSPS) is 14.8. The van der Waals surface area contributed by atoms with Crippen LogP contribution in [0.4, 0.5) is 5.69 Å². The van der Waals surface area contributed by atoms with Crippen LogP contribution in [0.3, 0.4) is 0 Å². The first-order valence-electron chi connectivity index (χ1n) is 6.98. The van der Waals surface area contributed by atoms with E-state index in [0.29, 0.717) is 18.2 Å². The lowest BCUT2D eigenvalue weighted by atomic mass is 10.2. The van der Waals surface area contributed by atoms with Crippen molar-refractivity contribution >= 4 is 17.3 Å². The second-order valence-electron chi connectivity index (χ2n) is 4.93. The van der Waals surface area contributed by atoms with E-state index in [4.69, 9.17) is 16.3 Å². The molecule has 1 aliphatic rings. The molecule has 2 heterocycles. The number of para-hydroxylation sites is 2. The van der Waals surface area contributed by atoms with E-state index >= 15 is 0 Å². The van der Waals surface area contributed by atoms with Gasteiger partial charge in [-0.1, -0.05) is 23.7 Å². The molecule has 1 fully saturated rings. The van der Waals surface area contributed by atoms with Crippen LogP contribution in [-0.2, 0) is 6.54 Å². The quantitative estimate of drug-likeness (QED) is 0.847. The Labute approximate surface area is 123 Å². The number of nitrogens with zero attached hydrogens (tertiary/aromatic N) is 3. The zero-order chi connectivity index (χ0) is 13.8. The SMILES string of the molecule is Clc1cnn(CCOc2ccccc2N2CCCC2)c1. The Morgan fingerprint density at radius 2 is 2.00 bits per heavy atom. The first-order chi connectivity index (χ1) is 9.83. The van der Waals surface area contributed by atoms with Crippen LogP contribution in [-0.4, -0.2) is 29.5 Å². The van der Waals surface area contributed by atoms with Crippen LogP contribution >= 0.6 is 11.6 Å². The Morgan fingerprint density at radius 3 is 2.75 bits per heavy atom. The van der Waals surface area contributed by atoms with Crippen molar-refractivity contribution in [3.63, 3.8) is 0 Å². The molecule has 2 aromatic rings. The first-order valence-corrected chi connectivity index (χ1v) is 7.35. The van der Waals surface area contributed by atoms with E-state index in [1.807, 2.05) is 12.1 Å². The monoisotopic (exact) mass is 291 g/mol. The van der Waals surface area contributed by atoms with Gasteiger partial charge in [0.1, 0.15) is 12.4 Å². The van der Waals surface area contributed by atoms with Gasteiger partial charge < -0.3 is 9.64 Å². The topological polar surface area (TPSA) is 30.3 Å². The van der Waals surface area contributed by atoms with E-state index in [2.05, 4.69) is 22.1 Å². The zero-order valence-electron chi connectivity index (χ0n) is 11.3. The number of hydrogen-bond acceptors (Lipinski definition) is 3. The van der Waals surface area contributed by atoms with Gasteiger partial charge in [0.15, 0.2) is 0 Å². The second-order valence-corrected chi connectivity index (χ2v) is 5.37. The summed E-state index contributed by atoms with van der Waals surface area (Å²) < 4.78 is 7.71. The van der Waals surface area contributed by atoms with Crippen molar-refractivity contribution in [2.75, 3.05) is 24.6 Å². The van der Waals surface area contributed by atoms with Crippen molar-refractivity contribution in [1.82, 2.24) is 9.78 Å². The molecule has 0 aliphatic carbocycles. The van der Waals surface area contributed by atoms with E-state index in [1.54, 1.807) is 17.1 Å². The Bertz CT molecular complexity index is 564. The first kappa shape index (κ1) is 13.3. The van der Waals surface area contributed by atoms with Gasteiger partial charge in [-0.25, -0.2) is 0 Å². The van der Waals surface area contributed by atoms with Crippen LogP contribution in [0, 0.1) is 0 Å². The third kappa shape index (κ3) is 3.07. The molecule has 4 nitrogen and oxygen atoms in total. The highest BCUT2D eigenvalue weighted by Gasteiger charge is 2.15. The lowest BCUT2D eigenvalue weighted by Crippen LogP contribution is -2.19. The largest absolute Gasteiger partial charge is 0.489 e. The molecular weight excluding hydrogens is 274 g/mol. The van der Waals surface area contributed by atoms with Gasteiger partial charge in [-0.2, -0.15) is 5.10 Å². The maximum atomic E-state index is 5.92. The van der Waals surface area contributed by atoms with E-state index in [9.17, 15) is 0 Å². The molecular formula is C15H18ClN3O. The smallest absolute Gasteiger partial charge is 0.142 e. The third-order valence-corrected chi connectivity index (χ3v) is 3.69. The Kier molecular flexibility index (Phi) is 4.11. The summed E-state index contributed by atoms with van der Waals surface area (Å²) in [6, 6.07) is 8.24. The van der Waals surface area contributed by atoms with Gasteiger partial charge in [0.2, 0.25) is 0 Å². The fourth-order valence-electron chi connectivity index (χ4n) is 2.51. The maximum Gasteiger partial charge on any atom is 0.142 e. The molecule has 5 heteroatoms. The van der Waals surface area contributed by atoms with Crippen LogP contribution in [0.15, 0.2) is 36.7 Å². The Hall–Kier alpha value is -1.68. The fourth-order valence-corrected chi connectivity index (χ4v) is 2.66. The molecule has 0 radical (unpaired) electrons. The van der Waals surface area contributed by atoms with Gasteiger partial charge in [-0.05, 0) is 25.0 Å². The summed E-state index contributed by atoms with van der Waals surface area (Å²) >= 11 is 5.84. The van der Waals surface area contributed by atoms with Gasteiger partial charge in [-0.15, -0.1) is 0 Å². The van der Waals surface area contributed by atoms with Crippen LogP contribution < -0.4 is 9.64 Å². The van der Waals surface area contributed by atoms with Gasteiger partial charge in [0.25, 0.3) is 0 Å². The van der Waals surface area contributed by atoms with Gasteiger partial charge in [0, 0.05) is 19.3 Å². The van der Waals surface area contributed by atoms with Crippen molar-refractivity contribution < 1.29 is 4.74 Å². The van der Waals surface area contributed by atoms with Crippen molar-refractivity contribution in [3.8, 4) is 5.75 Å². The average molecular weight is 292 g/mol. The summed E-state index contributed by atoms with van der Waals surface area (Å²) in [6.07, 6.45) is 5.97. The number of ether oxygens (including phenoxy) is 1. The third-order valence-electron chi connectivity index (χ3n) is 3.49. The highest BCUT2D eigenvalue weighted by atomic mass is 35.5. The van der Waals surface area contributed by atoms with E-state index in [0.717, 1.165) is 18.8 Å². The molecule has 0 saturated carbocycles. The molecule has 0 spiro atoms. The number of halogens is 1. The predicted molar refractivity (Wildman–Crippen MR) is 80.6 cm³/mol. The summed E-state index contributed by atoms with van der Waals surface area (Å²) in [5.41, 5.74) is 1.20. The van der Waals surface area contributed by atoms with E-state index in [1.165, 1.54) is 18.5 Å². The molecule has 0 atom stereocenters. The zero-order valence-corrected chi connectivity index (χ0v) is 12.1. The lowest BCUT2D eigenvalue weighted by Gasteiger charge is -2.21.